The lowest BCUT2D eigenvalue weighted by Crippen LogP contribution is -2.35. The first kappa shape index (κ1) is 19.6. The van der Waals surface area contributed by atoms with Crippen molar-refractivity contribution in [2.45, 2.75) is 24.7 Å². The Hall–Kier alpha value is -3.34. The molecule has 4 atom stereocenters. The van der Waals surface area contributed by atoms with Crippen LogP contribution in [-0.2, 0) is 7.05 Å². The van der Waals surface area contributed by atoms with Gasteiger partial charge in [-0.3, -0.25) is 9.36 Å². The lowest BCUT2D eigenvalue weighted by atomic mass is 9.59. The molecule has 5 heteroatoms. The molecule has 1 fully saturated rings. The Labute approximate surface area is 182 Å². The van der Waals surface area contributed by atoms with Gasteiger partial charge in [0.25, 0.3) is 5.56 Å². The van der Waals surface area contributed by atoms with Gasteiger partial charge in [-0.15, -0.1) is 0 Å². The molecule has 6 rings (SSSR count). The molecule has 158 valence electrons. The van der Waals surface area contributed by atoms with Gasteiger partial charge in [0, 0.05) is 19.0 Å². The van der Waals surface area contributed by atoms with Crippen LogP contribution < -0.4 is 16.0 Å². The molecule has 1 saturated carbocycles. The zero-order chi connectivity index (χ0) is 21.5. The van der Waals surface area contributed by atoms with E-state index < -0.39 is 0 Å². The summed E-state index contributed by atoms with van der Waals surface area (Å²) in [5, 5.41) is 0. The van der Waals surface area contributed by atoms with E-state index in [0.717, 1.165) is 35.4 Å². The van der Waals surface area contributed by atoms with Gasteiger partial charge in [0.2, 0.25) is 5.95 Å². The number of allylic oxidation sites excluding steroid dienone is 2. The number of anilines is 1. The van der Waals surface area contributed by atoms with Gasteiger partial charge in [0.05, 0.1) is 12.8 Å². The van der Waals surface area contributed by atoms with Gasteiger partial charge in [-0.25, -0.2) is 4.98 Å². The van der Waals surface area contributed by atoms with Crippen molar-refractivity contribution in [1.29, 1.82) is 0 Å². The second-order valence-corrected chi connectivity index (χ2v) is 8.64. The van der Waals surface area contributed by atoms with Crippen LogP contribution in [0.3, 0.4) is 0 Å². The van der Waals surface area contributed by atoms with Crippen LogP contribution in [-0.4, -0.2) is 16.7 Å². The number of ether oxygens (including phenoxy) is 1. The van der Waals surface area contributed by atoms with E-state index in [0.29, 0.717) is 11.8 Å². The van der Waals surface area contributed by atoms with E-state index in [1.54, 1.807) is 20.2 Å². The minimum absolute atomic E-state index is 0.100. The van der Waals surface area contributed by atoms with E-state index in [1.165, 1.54) is 10.1 Å². The number of rotatable bonds is 4. The number of methoxy groups -OCH3 is 1. The molecule has 0 amide bonds. The molecule has 3 aromatic rings. The van der Waals surface area contributed by atoms with E-state index in [-0.39, 0.29) is 23.3 Å². The molecule has 0 spiro atoms. The highest BCUT2D eigenvalue weighted by Gasteiger charge is 2.43. The Bertz CT molecular complexity index is 1210. The minimum Gasteiger partial charge on any atom is -0.497 e. The van der Waals surface area contributed by atoms with Crippen LogP contribution >= 0.6 is 0 Å². The van der Waals surface area contributed by atoms with Crippen LogP contribution in [0.1, 0.15) is 35.9 Å². The molecular weight excluding hydrogens is 386 g/mol. The van der Waals surface area contributed by atoms with Gasteiger partial charge in [0.1, 0.15) is 5.75 Å². The first-order valence-corrected chi connectivity index (χ1v) is 10.8. The maximum atomic E-state index is 12.5. The standard InChI is InChI=1S/C26H27N3O2/c1-29-23(30)15-22(28-26(29)27)25-17-11-9-16(10-12-17)24(25)20-7-3-5-18(13-20)19-6-4-8-21(14-19)31-2/h3-9,11,13-17,24-25H,10,12H2,1-2H3,(H2,27,28). The van der Waals surface area contributed by atoms with E-state index in [4.69, 9.17) is 10.5 Å². The predicted molar refractivity (Wildman–Crippen MR) is 123 cm³/mol. The highest BCUT2D eigenvalue weighted by molar-refractivity contribution is 5.66. The Morgan fingerprint density at radius 3 is 2.32 bits per heavy atom. The van der Waals surface area contributed by atoms with Gasteiger partial charge in [0.15, 0.2) is 0 Å². The number of nitrogen functional groups attached to an aromatic ring is 1. The van der Waals surface area contributed by atoms with Crippen molar-refractivity contribution in [2.75, 3.05) is 12.8 Å². The summed E-state index contributed by atoms with van der Waals surface area (Å²) in [6.07, 6.45) is 6.95. The fraction of sp³-hybridized carbons (Fsp3) is 0.308. The van der Waals surface area contributed by atoms with Crippen molar-refractivity contribution < 1.29 is 4.74 Å². The lowest BCUT2D eigenvalue weighted by molar-refractivity contribution is 0.236. The zero-order valence-corrected chi connectivity index (χ0v) is 17.9. The molecule has 0 saturated heterocycles. The van der Waals surface area contributed by atoms with E-state index in [1.807, 2.05) is 12.1 Å². The summed E-state index contributed by atoms with van der Waals surface area (Å²) in [7, 11) is 3.35. The Kier molecular flexibility index (Phi) is 4.89. The second kappa shape index (κ2) is 7.73. The Morgan fingerprint density at radius 1 is 0.968 bits per heavy atom. The monoisotopic (exact) mass is 413 g/mol. The van der Waals surface area contributed by atoms with Crippen LogP contribution in [0.5, 0.6) is 5.75 Å². The van der Waals surface area contributed by atoms with Gasteiger partial charge >= 0.3 is 0 Å². The zero-order valence-electron chi connectivity index (χ0n) is 17.9. The van der Waals surface area contributed by atoms with Crippen molar-refractivity contribution in [1.82, 2.24) is 9.55 Å². The largest absolute Gasteiger partial charge is 0.497 e. The van der Waals surface area contributed by atoms with Crippen molar-refractivity contribution in [3.63, 3.8) is 0 Å². The third-order valence-electron chi connectivity index (χ3n) is 6.95. The molecule has 3 aliphatic rings. The summed E-state index contributed by atoms with van der Waals surface area (Å²) >= 11 is 0. The second-order valence-electron chi connectivity index (χ2n) is 8.64. The normalized spacial score (nSPS) is 24.3. The summed E-state index contributed by atoms with van der Waals surface area (Å²) in [5.41, 5.74) is 10.4. The van der Waals surface area contributed by atoms with Gasteiger partial charge in [-0.1, -0.05) is 48.6 Å². The molecule has 1 heterocycles. The van der Waals surface area contributed by atoms with Crippen LogP contribution in [0.25, 0.3) is 11.1 Å². The van der Waals surface area contributed by atoms with Crippen molar-refractivity contribution in [3.8, 4) is 16.9 Å². The summed E-state index contributed by atoms with van der Waals surface area (Å²) in [4.78, 5) is 17.1. The lowest BCUT2D eigenvalue weighted by Gasteiger charge is -2.45. The van der Waals surface area contributed by atoms with Crippen molar-refractivity contribution in [3.05, 3.63) is 88.4 Å². The Balaban J connectivity index is 1.59. The predicted octanol–water partition coefficient (Wildman–Crippen LogP) is 4.50. The quantitative estimate of drug-likeness (QED) is 0.639. The number of fused-ring (bicyclic) bond motifs is 2. The molecule has 1 aromatic heterocycles. The smallest absolute Gasteiger partial charge is 0.254 e. The molecule has 5 nitrogen and oxygen atoms in total. The summed E-state index contributed by atoms with van der Waals surface area (Å²) in [6.45, 7) is 0. The highest BCUT2D eigenvalue weighted by Crippen LogP contribution is 2.54. The fourth-order valence-corrected chi connectivity index (χ4v) is 5.33. The van der Waals surface area contributed by atoms with E-state index in [9.17, 15) is 4.79 Å². The van der Waals surface area contributed by atoms with Gasteiger partial charge in [-0.05, 0) is 59.4 Å². The molecule has 2 N–H and O–H groups in total. The highest BCUT2D eigenvalue weighted by atomic mass is 16.5. The maximum Gasteiger partial charge on any atom is 0.254 e. The minimum atomic E-state index is -0.100. The number of aromatic nitrogens is 2. The fourth-order valence-electron chi connectivity index (χ4n) is 5.33. The van der Waals surface area contributed by atoms with Crippen LogP contribution in [0, 0.1) is 11.8 Å². The summed E-state index contributed by atoms with van der Waals surface area (Å²) in [6, 6.07) is 18.6. The molecule has 2 bridgehead atoms. The maximum absolute atomic E-state index is 12.5. The average Bonchev–Trinajstić information content (AvgIpc) is 2.82. The third kappa shape index (κ3) is 3.44. The van der Waals surface area contributed by atoms with E-state index in [2.05, 4.69) is 53.5 Å². The first-order valence-electron chi connectivity index (χ1n) is 10.8. The molecule has 0 radical (unpaired) electrons. The van der Waals surface area contributed by atoms with Crippen LogP contribution in [0.4, 0.5) is 5.95 Å². The number of hydrogen-bond acceptors (Lipinski definition) is 4. The molecule has 2 aromatic carbocycles. The third-order valence-corrected chi connectivity index (χ3v) is 6.95. The molecule has 31 heavy (non-hydrogen) atoms. The SMILES string of the molecule is COc1cccc(-c2cccc(C3C4C=CC(CC4)C3c3cc(=O)n(C)c(N)n3)c2)c1. The average molecular weight is 414 g/mol. The Morgan fingerprint density at radius 2 is 1.65 bits per heavy atom. The number of hydrogen-bond donors (Lipinski definition) is 1. The van der Waals surface area contributed by atoms with Crippen LogP contribution in [0.2, 0.25) is 0 Å². The molecular formula is C26H27N3O2. The molecule has 3 aliphatic carbocycles. The topological polar surface area (TPSA) is 70.1 Å². The summed E-state index contributed by atoms with van der Waals surface area (Å²) < 4.78 is 6.81. The molecule has 4 unspecified atom stereocenters. The first-order chi connectivity index (χ1) is 15.0. The number of nitrogens with zero attached hydrogens (tertiary/aromatic N) is 2. The van der Waals surface area contributed by atoms with Gasteiger partial charge < -0.3 is 10.5 Å². The number of benzene rings is 2. The van der Waals surface area contributed by atoms with Crippen LogP contribution in [0.15, 0.2) is 71.5 Å². The number of nitrogens with two attached hydrogens (primary N) is 1. The molecule has 0 aliphatic heterocycles. The summed E-state index contributed by atoms with van der Waals surface area (Å²) in [5.74, 6) is 2.35. The van der Waals surface area contributed by atoms with Gasteiger partial charge in [-0.2, -0.15) is 0 Å². The van der Waals surface area contributed by atoms with Crippen molar-refractivity contribution >= 4 is 5.95 Å². The van der Waals surface area contributed by atoms with E-state index >= 15 is 0 Å². The van der Waals surface area contributed by atoms with Crippen molar-refractivity contribution in [2.24, 2.45) is 18.9 Å².